The highest BCUT2D eigenvalue weighted by molar-refractivity contribution is 5.98. The number of urea groups is 1. The van der Waals surface area contributed by atoms with Crippen LogP contribution >= 0.6 is 0 Å². The van der Waals surface area contributed by atoms with Crippen molar-refractivity contribution in [3.05, 3.63) is 30.3 Å². The van der Waals surface area contributed by atoms with Gasteiger partial charge in [-0.15, -0.1) is 0 Å². The number of hydroxylamine groups is 1. The van der Waals surface area contributed by atoms with E-state index in [1.54, 1.807) is 10.4 Å². The molecule has 2 aliphatic heterocycles. The molecule has 6 amide bonds. The Morgan fingerprint density at radius 1 is 1.04 bits per heavy atom. The average molecular weight is 669 g/mol. The summed E-state index contributed by atoms with van der Waals surface area (Å²) in [5, 5.41) is 26.5. The number of aliphatic hydroxyl groups is 1. The summed E-state index contributed by atoms with van der Waals surface area (Å²) in [5.74, 6) is -1.61. The first-order chi connectivity index (χ1) is 22.8. The maximum Gasteiger partial charge on any atom is 0.342 e. The maximum absolute atomic E-state index is 14.9. The van der Waals surface area contributed by atoms with Crippen molar-refractivity contribution in [3.63, 3.8) is 0 Å². The monoisotopic (exact) mass is 668 g/mol. The van der Waals surface area contributed by atoms with Crippen molar-refractivity contribution < 1.29 is 34.3 Å². The first-order valence-corrected chi connectivity index (χ1v) is 17.5. The number of rotatable bonds is 11. The lowest BCUT2D eigenvalue weighted by Gasteiger charge is -2.44. The smallest absolute Gasteiger partial charge is 0.342 e. The molecule has 1 aromatic rings. The van der Waals surface area contributed by atoms with Crippen molar-refractivity contribution in [1.82, 2.24) is 25.9 Å². The van der Waals surface area contributed by atoms with Gasteiger partial charge in [-0.3, -0.25) is 24.4 Å². The van der Waals surface area contributed by atoms with Gasteiger partial charge in [0.15, 0.2) is 6.10 Å². The molecule has 13 heteroatoms. The van der Waals surface area contributed by atoms with E-state index in [2.05, 4.69) is 10.6 Å². The summed E-state index contributed by atoms with van der Waals surface area (Å²) in [6.07, 6.45) is 4.62. The molecular formula is C35H52N6O7. The molecule has 4 aliphatic rings. The number of aliphatic hydroxyl groups excluding tert-OH is 1. The summed E-state index contributed by atoms with van der Waals surface area (Å²) in [6.45, 7) is 7.86. The molecule has 1 aromatic carbocycles. The molecule has 13 nitrogen and oxygen atoms in total. The van der Waals surface area contributed by atoms with Crippen molar-refractivity contribution in [3.8, 4) is 0 Å². The molecule has 48 heavy (non-hydrogen) atoms. The Balaban J connectivity index is 1.48. The van der Waals surface area contributed by atoms with Crippen LogP contribution in [0.5, 0.6) is 0 Å². The van der Waals surface area contributed by atoms with Gasteiger partial charge in [0, 0.05) is 42.7 Å². The lowest BCUT2D eigenvalue weighted by Crippen LogP contribution is -2.63. The van der Waals surface area contributed by atoms with E-state index in [0.717, 1.165) is 31.4 Å². The topological polar surface area (TPSA) is 172 Å². The molecule has 264 valence electrons. The van der Waals surface area contributed by atoms with Gasteiger partial charge in [0.1, 0.15) is 12.1 Å². The highest BCUT2D eigenvalue weighted by Crippen LogP contribution is 2.46. The zero-order valence-electron chi connectivity index (χ0n) is 28.6. The summed E-state index contributed by atoms with van der Waals surface area (Å²) in [6, 6.07) is 5.34. The number of likely N-dealkylation sites (tertiary alicyclic amines) is 1. The van der Waals surface area contributed by atoms with Crippen LogP contribution in [0.3, 0.4) is 0 Å². The predicted octanol–water partition coefficient (Wildman–Crippen LogP) is 2.69. The minimum Gasteiger partial charge on any atom is -0.381 e. The number of hydrogen-bond acceptors (Lipinski definition) is 7. The number of nitrogens with zero attached hydrogens (tertiary/aromatic N) is 3. The number of carbonyl (C=O) groups is 5. The van der Waals surface area contributed by atoms with E-state index in [1.807, 2.05) is 58.0 Å². The highest BCUT2D eigenvalue weighted by atomic mass is 16.5. The van der Waals surface area contributed by atoms with Crippen molar-refractivity contribution in [1.29, 1.82) is 0 Å². The van der Waals surface area contributed by atoms with E-state index in [4.69, 9.17) is 0 Å². The van der Waals surface area contributed by atoms with Crippen LogP contribution in [0.15, 0.2) is 30.3 Å². The van der Waals surface area contributed by atoms with Gasteiger partial charge < -0.3 is 30.4 Å². The molecule has 0 aromatic heterocycles. The fraction of sp³-hybridized carbons (Fsp3) is 0.686. The van der Waals surface area contributed by atoms with Crippen LogP contribution in [-0.2, 0) is 19.2 Å². The normalized spacial score (nSPS) is 24.8. The third-order valence-corrected chi connectivity index (χ3v) is 10.4. The van der Waals surface area contributed by atoms with E-state index < -0.39 is 58.8 Å². The van der Waals surface area contributed by atoms with Crippen LogP contribution < -0.4 is 21.0 Å². The Labute approximate surface area is 282 Å². The molecule has 1 spiro atoms. The van der Waals surface area contributed by atoms with Crippen molar-refractivity contribution >= 4 is 35.3 Å². The van der Waals surface area contributed by atoms with Crippen LogP contribution in [0.1, 0.15) is 91.9 Å². The van der Waals surface area contributed by atoms with E-state index in [0.29, 0.717) is 32.2 Å². The van der Waals surface area contributed by atoms with Gasteiger partial charge in [-0.1, -0.05) is 65.2 Å². The van der Waals surface area contributed by atoms with E-state index >= 15 is 0 Å². The number of anilines is 1. The molecule has 5 N–H and O–H groups in total. The molecule has 5 rings (SSSR count). The lowest BCUT2D eigenvalue weighted by atomic mass is 9.83. The van der Waals surface area contributed by atoms with Crippen LogP contribution in [0.25, 0.3) is 0 Å². The Hall–Kier alpha value is -3.71. The largest absolute Gasteiger partial charge is 0.381 e. The Kier molecular flexibility index (Phi) is 10.7. The maximum atomic E-state index is 14.9. The van der Waals surface area contributed by atoms with Gasteiger partial charge in [0.2, 0.25) is 17.7 Å². The fourth-order valence-electron chi connectivity index (χ4n) is 7.90. The molecule has 0 bridgehead atoms. The molecule has 1 unspecified atom stereocenters. The average Bonchev–Trinajstić information content (AvgIpc) is 3.42. The summed E-state index contributed by atoms with van der Waals surface area (Å²) in [4.78, 5) is 73.4. The third kappa shape index (κ3) is 7.62. The quantitative estimate of drug-likeness (QED) is 0.178. The van der Waals surface area contributed by atoms with E-state index in [1.165, 1.54) is 9.80 Å². The molecular weight excluding hydrogens is 616 g/mol. The Morgan fingerprint density at radius 2 is 1.71 bits per heavy atom. The summed E-state index contributed by atoms with van der Waals surface area (Å²) in [5.41, 5.74) is 0.958. The van der Waals surface area contributed by atoms with Crippen LogP contribution in [0.4, 0.5) is 10.5 Å². The number of nitrogens with one attached hydrogen (secondary N) is 3. The molecule has 2 saturated heterocycles. The first kappa shape index (κ1) is 35.6. The zero-order chi connectivity index (χ0) is 34.8. The third-order valence-electron chi connectivity index (χ3n) is 10.4. The zero-order valence-corrected chi connectivity index (χ0v) is 28.6. The fourth-order valence-corrected chi connectivity index (χ4v) is 7.90. The highest BCUT2D eigenvalue weighted by Gasteiger charge is 2.57. The number of amides is 6. The summed E-state index contributed by atoms with van der Waals surface area (Å²) >= 11 is 0. The second-order valence-electron chi connectivity index (χ2n) is 15.3. The second kappa shape index (κ2) is 14.4. The van der Waals surface area contributed by atoms with Crippen LogP contribution in [-0.4, -0.2) is 99.2 Å². The second-order valence-corrected chi connectivity index (χ2v) is 15.3. The molecule has 5 atom stereocenters. The standard InChI is InChI=1S/C35H52N6O7/c1-5-11-25(28(43)31(45)36-22-16-17-22)37-30(44)26-18-35(19-27(42)39(20-35)23-12-7-6-8-13-23)21-40(26)32(46)29(34(2,3)4)41(33(47)38-48)24-14-9-10-15-24/h6-8,12-13,22,24-26,28-29,43,48H,5,9-11,14-21H2,1-4H3,(H,36,45)(H,37,44)(H,38,47)/t25?,26-,28-,29+,35-/m0/s1. The van der Waals surface area contributed by atoms with Gasteiger partial charge in [-0.05, 0) is 56.1 Å². The number of carbonyl (C=O) groups excluding carboxylic acids is 5. The number of benzene rings is 1. The van der Waals surface area contributed by atoms with Crippen LogP contribution in [0.2, 0.25) is 0 Å². The minimum absolute atomic E-state index is 0.0358. The Bertz CT molecular complexity index is 1360. The molecule has 4 fully saturated rings. The van der Waals surface area contributed by atoms with E-state index in [-0.39, 0.29) is 37.4 Å². The SMILES string of the molecule is CCCC(NC(=O)[C@@H]1C[C@@]2(CC(=O)N(c3ccccc3)C2)CN1C(=O)[C@@H](N(C(=O)NO)C1CCCC1)C(C)(C)C)[C@H](O)C(=O)NC1CC1. The van der Waals surface area contributed by atoms with Gasteiger partial charge in [0.25, 0.3) is 5.91 Å². The number of hydrogen-bond donors (Lipinski definition) is 5. The van der Waals surface area contributed by atoms with Gasteiger partial charge in [-0.2, -0.15) is 0 Å². The molecule has 0 radical (unpaired) electrons. The van der Waals surface area contributed by atoms with Crippen molar-refractivity contribution in [2.24, 2.45) is 10.8 Å². The minimum atomic E-state index is -1.47. The summed E-state index contributed by atoms with van der Waals surface area (Å²) < 4.78 is 0. The van der Waals surface area contributed by atoms with Gasteiger partial charge >= 0.3 is 6.03 Å². The molecule has 2 saturated carbocycles. The lowest BCUT2D eigenvalue weighted by molar-refractivity contribution is -0.147. The van der Waals surface area contributed by atoms with Crippen LogP contribution in [0, 0.1) is 10.8 Å². The predicted molar refractivity (Wildman–Crippen MR) is 178 cm³/mol. The van der Waals surface area contributed by atoms with Crippen molar-refractivity contribution in [2.45, 2.75) is 128 Å². The summed E-state index contributed by atoms with van der Waals surface area (Å²) in [7, 11) is 0. The Morgan fingerprint density at radius 3 is 2.29 bits per heavy atom. The molecule has 2 heterocycles. The van der Waals surface area contributed by atoms with E-state index in [9.17, 15) is 34.3 Å². The van der Waals surface area contributed by atoms with Gasteiger partial charge in [0.05, 0.1) is 6.04 Å². The van der Waals surface area contributed by atoms with Gasteiger partial charge in [-0.25, -0.2) is 10.3 Å². The molecule has 2 aliphatic carbocycles. The number of para-hydroxylation sites is 1. The van der Waals surface area contributed by atoms with Crippen molar-refractivity contribution in [2.75, 3.05) is 18.0 Å². The first-order valence-electron chi connectivity index (χ1n) is 17.5.